The first-order valence-corrected chi connectivity index (χ1v) is 16.1. The van der Waals surface area contributed by atoms with Crippen molar-refractivity contribution in [2.75, 3.05) is 24.7 Å². The molecule has 0 bridgehead atoms. The number of esters is 1. The maximum Gasteiger partial charge on any atom is 0.416 e. The number of fused-ring (bicyclic) bond motifs is 3. The third kappa shape index (κ3) is 6.86. The Labute approximate surface area is 269 Å². The summed E-state index contributed by atoms with van der Waals surface area (Å²) < 4.78 is 19.4. The number of ether oxygens (including phenoxy) is 3. The maximum atomic E-state index is 12.9. The molecule has 0 N–H and O–H groups in total. The van der Waals surface area contributed by atoms with E-state index in [1.165, 1.54) is 0 Å². The van der Waals surface area contributed by atoms with E-state index in [4.69, 9.17) is 19.2 Å². The minimum Gasteiger partial charge on any atom is -0.493 e. The van der Waals surface area contributed by atoms with E-state index in [-0.39, 0.29) is 24.5 Å². The second-order valence-corrected chi connectivity index (χ2v) is 12.7. The molecule has 5 aromatic rings. The number of carbonyl (C=O) groups excluding carboxylic acids is 2. The number of hydrogen-bond acceptors (Lipinski definition) is 6. The first-order valence-electron chi connectivity index (χ1n) is 16.1. The van der Waals surface area contributed by atoms with Crippen LogP contribution in [0, 0.1) is 0 Å². The van der Waals surface area contributed by atoms with Crippen LogP contribution in [0.25, 0.3) is 21.7 Å². The van der Waals surface area contributed by atoms with E-state index in [1.807, 2.05) is 76.4 Å². The van der Waals surface area contributed by atoms with Gasteiger partial charge in [0.05, 0.1) is 25.7 Å². The minimum absolute atomic E-state index is 0.225. The summed E-state index contributed by atoms with van der Waals surface area (Å²) in [5.41, 5.74) is 3.43. The van der Waals surface area contributed by atoms with Gasteiger partial charge in [0.2, 0.25) is 0 Å². The Hall–Kier alpha value is -4.85. The van der Waals surface area contributed by atoms with Gasteiger partial charge in [0.25, 0.3) is 0 Å². The highest BCUT2D eigenvalue weighted by Gasteiger charge is 2.29. The molecular formula is C38H41N3O5. The van der Waals surface area contributed by atoms with Gasteiger partial charge in [0, 0.05) is 35.8 Å². The molecule has 6 rings (SSSR count). The van der Waals surface area contributed by atoms with Crippen LogP contribution in [-0.2, 0) is 27.1 Å². The molecule has 0 saturated heterocycles. The van der Waals surface area contributed by atoms with E-state index in [1.54, 1.807) is 4.90 Å². The monoisotopic (exact) mass is 619 g/mol. The Morgan fingerprint density at radius 3 is 2.61 bits per heavy atom. The number of aryl methyl sites for hydroxylation is 1. The van der Waals surface area contributed by atoms with Crippen LogP contribution in [0.3, 0.4) is 0 Å². The molecular weight excluding hydrogens is 578 g/mol. The predicted molar refractivity (Wildman–Crippen MR) is 181 cm³/mol. The molecule has 0 fully saturated rings. The van der Waals surface area contributed by atoms with Gasteiger partial charge in [-0.3, -0.25) is 9.69 Å². The number of aromatic nitrogens is 2. The standard InChI is InChI=1S/C38H41N3O5/c1-5-44-35(42)25-34(32-14-8-11-26-10-6-7-13-31(26)32)40-22-19-28-24-30(17-18-33(28)40)45-23-20-29-16-15-27-12-9-21-41(36(27)39-29)37(43)46-38(2,3)4/h6-8,10-11,13-19,22,24,34H,5,9,12,20-21,23,25H2,1-4H3. The van der Waals surface area contributed by atoms with E-state index >= 15 is 0 Å². The van der Waals surface area contributed by atoms with Crippen LogP contribution in [0.4, 0.5) is 10.6 Å². The van der Waals surface area contributed by atoms with Crippen molar-refractivity contribution in [2.24, 2.45) is 0 Å². The summed E-state index contributed by atoms with van der Waals surface area (Å²) in [5, 5.41) is 3.27. The summed E-state index contributed by atoms with van der Waals surface area (Å²) in [6, 6.07) is 26.4. The highest BCUT2D eigenvalue weighted by atomic mass is 16.6. The Morgan fingerprint density at radius 1 is 0.957 bits per heavy atom. The molecule has 3 heterocycles. The number of nitrogens with zero attached hydrogens (tertiary/aromatic N) is 3. The largest absolute Gasteiger partial charge is 0.493 e. The molecule has 1 atom stereocenters. The van der Waals surface area contributed by atoms with Crippen LogP contribution in [0.1, 0.15) is 63.4 Å². The summed E-state index contributed by atoms with van der Waals surface area (Å²) in [6.45, 7) is 8.82. The van der Waals surface area contributed by atoms with Crippen LogP contribution >= 0.6 is 0 Å². The molecule has 238 valence electrons. The highest BCUT2D eigenvalue weighted by molar-refractivity contribution is 5.89. The Morgan fingerprint density at radius 2 is 1.78 bits per heavy atom. The average Bonchev–Trinajstić information content (AvgIpc) is 3.45. The lowest BCUT2D eigenvalue weighted by Crippen LogP contribution is -2.40. The normalized spacial score (nSPS) is 13.8. The van der Waals surface area contributed by atoms with Crippen molar-refractivity contribution in [3.8, 4) is 5.75 Å². The SMILES string of the molecule is CCOC(=O)CC(c1cccc2ccccc12)n1ccc2cc(OCCc3ccc4c(n3)N(C(=O)OC(C)(C)C)CCC4)ccc21. The van der Waals surface area contributed by atoms with Crippen molar-refractivity contribution in [3.63, 3.8) is 0 Å². The number of pyridine rings is 1. The van der Waals surface area contributed by atoms with E-state index in [0.717, 1.165) is 57.1 Å². The second kappa shape index (κ2) is 13.3. The Bertz CT molecular complexity index is 1870. The third-order valence-corrected chi connectivity index (χ3v) is 8.21. The van der Waals surface area contributed by atoms with Gasteiger partial charge in [-0.25, -0.2) is 9.78 Å². The zero-order valence-corrected chi connectivity index (χ0v) is 27.0. The van der Waals surface area contributed by atoms with E-state index in [9.17, 15) is 9.59 Å². The van der Waals surface area contributed by atoms with Gasteiger partial charge in [0.1, 0.15) is 17.2 Å². The average molecular weight is 620 g/mol. The molecule has 2 aromatic heterocycles. The van der Waals surface area contributed by atoms with Gasteiger partial charge < -0.3 is 18.8 Å². The summed E-state index contributed by atoms with van der Waals surface area (Å²) in [7, 11) is 0. The van der Waals surface area contributed by atoms with Gasteiger partial charge in [-0.05, 0) is 92.8 Å². The van der Waals surface area contributed by atoms with E-state index < -0.39 is 5.60 Å². The molecule has 1 aliphatic rings. The summed E-state index contributed by atoms with van der Waals surface area (Å²) in [5.74, 6) is 1.21. The first-order chi connectivity index (χ1) is 22.2. The predicted octanol–water partition coefficient (Wildman–Crippen LogP) is 8.04. The van der Waals surface area contributed by atoms with E-state index in [2.05, 4.69) is 41.0 Å². The van der Waals surface area contributed by atoms with Crippen molar-refractivity contribution in [3.05, 3.63) is 102 Å². The molecule has 1 aliphatic heterocycles. The number of rotatable bonds is 9. The lowest BCUT2D eigenvalue weighted by Gasteiger charge is -2.31. The smallest absolute Gasteiger partial charge is 0.416 e. The number of amides is 1. The Balaban J connectivity index is 1.19. The number of benzene rings is 3. The van der Waals surface area contributed by atoms with Crippen LogP contribution in [-0.4, -0.2) is 47.0 Å². The summed E-state index contributed by atoms with van der Waals surface area (Å²) in [4.78, 5) is 32.1. The maximum absolute atomic E-state index is 12.9. The second-order valence-electron chi connectivity index (χ2n) is 12.7. The minimum atomic E-state index is -0.569. The molecule has 3 aromatic carbocycles. The van der Waals surface area contributed by atoms with Crippen LogP contribution in [0.15, 0.2) is 85.1 Å². The van der Waals surface area contributed by atoms with Crippen molar-refractivity contribution < 1.29 is 23.8 Å². The molecule has 0 radical (unpaired) electrons. The quantitative estimate of drug-likeness (QED) is 0.155. The van der Waals surface area contributed by atoms with Gasteiger partial charge >= 0.3 is 12.1 Å². The number of anilines is 1. The van der Waals surface area contributed by atoms with Crippen molar-refractivity contribution in [1.82, 2.24) is 9.55 Å². The van der Waals surface area contributed by atoms with Crippen LogP contribution < -0.4 is 9.64 Å². The summed E-state index contributed by atoms with van der Waals surface area (Å²) >= 11 is 0. The van der Waals surface area contributed by atoms with Crippen molar-refractivity contribution >= 4 is 39.6 Å². The van der Waals surface area contributed by atoms with E-state index in [0.29, 0.717) is 32.0 Å². The fourth-order valence-corrected chi connectivity index (χ4v) is 6.17. The molecule has 0 saturated carbocycles. The van der Waals surface area contributed by atoms with Gasteiger partial charge in [-0.1, -0.05) is 48.5 Å². The topological polar surface area (TPSA) is 82.9 Å². The molecule has 1 amide bonds. The third-order valence-electron chi connectivity index (χ3n) is 8.21. The summed E-state index contributed by atoms with van der Waals surface area (Å²) in [6.07, 6.45) is 4.26. The van der Waals surface area contributed by atoms with Gasteiger partial charge in [-0.2, -0.15) is 0 Å². The number of carbonyl (C=O) groups is 2. The fourth-order valence-electron chi connectivity index (χ4n) is 6.17. The Kier molecular flexibility index (Phi) is 8.97. The van der Waals surface area contributed by atoms with Gasteiger partial charge in [-0.15, -0.1) is 0 Å². The molecule has 0 aliphatic carbocycles. The molecule has 46 heavy (non-hydrogen) atoms. The zero-order chi connectivity index (χ0) is 32.3. The molecule has 1 unspecified atom stereocenters. The fraction of sp³-hybridized carbons (Fsp3) is 0.342. The van der Waals surface area contributed by atoms with Crippen molar-refractivity contribution in [1.29, 1.82) is 0 Å². The zero-order valence-electron chi connectivity index (χ0n) is 27.0. The van der Waals surface area contributed by atoms with Crippen LogP contribution in [0.5, 0.6) is 5.75 Å². The molecule has 8 nitrogen and oxygen atoms in total. The van der Waals surface area contributed by atoms with Crippen molar-refractivity contribution in [2.45, 2.75) is 65.0 Å². The molecule has 0 spiro atoms. The van der Waals surface area contributed by atoms with Gasteiger partial charge in [0.15, 0.2) is 0 Å². The lowest BCUT2D eigenvalue weighted by atomic mass is 9.96. The molecule has 8 heteroatoms. The lowest BCUT2D eigenvalue weighted by molar-refractivity contribution is -0.143. The number of hydrogen-bond donors (Lipinski definition) is 0. The highest BCUT2D eigenvalue weighted by Crippen LogP contribution is 2.34. The first kappa shape index (κ1) is 31.1. The van der Waals surface area contributed by atoms with Crippen LogP contribution in [0.2, 0.25) is 0 Å².